The molecule has 1 atom stereocenters. The van der Waals surface area contributed by atoms with Gasteiger partial charge in [0.25, 0.3) is 0 Å². The van der Waals surface area contributed by atoms with Crippen LogP contribution >= 0.6 is 23.2 Å². The smallest absolute Gasteiger partial charge is 0.224 e. The van der Waals surface area contributed by atoms with Crippen molar-refractivity contribution in [1.82, 2.24) is 5.32 Å². The van der Waals surface area contributed by atoms with Gasteiger partial charge in [0.05, 0.1) is 16.5 Å². The quantitative estimate of drug-likeness (QED) is 0.337. The van der Waals surface area contributed by atoms with E-state index >= 15 is 0 Å². The van der Waals surface area contributed by atoms with Gasteiger partial charge in [-0.3, -0.25) is 4.79 Å². The SMILES string of the molecule is CC(CC(N)=NO)NC(=O)Cc1ccc(Cl)c(Cl)c1. The standard InChI is InChI=1S/C12H15Cl2N3O2/c1-7(4-11(15)17-19)16-12(18)6-8-2-3-9(13)10(14)5-8/h2-3,5,7,19H,4,6H2,1H3,(H2,15,17)(H,16,18). The monoisotopic (exact) mass is 303 g/mol. The molecule has 0 bridgehead atoms. The molecule has 104 valence electrons. The summed E-state index contributed by atoms with van der Waals surface area (Å²) in [4.78, 5) is 11.8. The van der Waals surface area contributed by atoms with Crippen molar-refractivity contribution < 1.29 is 10.0 Å². The molecule has 4 N–H and O–H groups in total. The van der Waals surface area contributed by atoms with Crippen LogP contribution in [0.5, 0.6) is 0 Å². The van der Waals surface area contributed by atoms with Crippen molar-refractivity contribution in [3.63, 3.8) is 0 Å². The summed E-state index contributed by atoms with van der Waals surface area (Å²) in [6.07, 6.45) is 0.473. The number of rotatable bonds is 5. The Morgan fingerprint density at radius 2 is 2.16 bits per heavy atom. The van der Waals surface area contributed by atoms with Gasteiger partial charge >= 0.3 is 0 Å². The normalized spacial score (nSPS) is 13.1. The number of nitrogens with two attached hydrogens (primary N) is 1. The van der Waals surface area contributed by atoms with Crippen LogP contribution < -0.4 is 11.1 Å². The van der Waals surface area contributed by atoms with Crippen LogP contribution in [0.25, 0.3) is 0 Å². The summed E-state index contributed by atoms with van der Waals surface area (Å²) in [7, 11) is 0. The number of hydrogen-bond donors (Lipinski definition) is 3. The van der Waals surface area contributed by atoms with Crippen molar-refractivity contribution in [3.05, 3.63) is 33.8 Å². The predicted octanol–water partition coefficient (Wildman–Crippen LogP) is 2.18. The van der Waals surface area contributed by atoms with E-state index in [9.17, 15) is 4.79 Å². The van der Waals surface area contributed by atoms with Gasteiger partial charge in [-0.15, -0.1) is 0 Å². The zero-order valence-corrected chi connectivity index (χ0v) is 11.9. The van der Waals surface area contributed by atoms with Gasteiger partial charge in [0.2, 0.25) is 5.91 Å². The third kappa shape index (κ3) is 5.36. The Kier molecular flexibility index (Phi) is 5.92. The zero-order valence-electron chi connectivity index (χ0n) is 10.4. The molecule has 1 amide bonds. The number of oxime groups is 1. The molecule has 1 aromatic rings. The van der Waals surface area contributed by atoms with E-state index in [1.165, 1.54) is 0 Å². The molecular formula is C12H15Cl2N3O2. The number of carbonyl (C=O) groups excluding carboxylic acids is 1. The van der Waals surface area contributed by atoms with E-state index in [1.807, 2.05) is 0 Å². The van der Waals surface area contributed by atoms with Gasteiger partial charge in [-0.05, 0) is 24.6 Å². The average molecular weight is 304 g/mol. The van der Waals surface area contributed by atoms with E-state index in [4.69, 9.17) is 34.1 Å². The van der Waals surface area contributed by atoms with Crippen molar-refractivity contribution in [1.29, 1.82) is 0 Å². The van der Waals surface area contributed by atoms with E-state index in [0.29, 0.717) is 10.0 Å². The molecule has 0 aliphatic heterocycles. The number of benzene rings is 1. The molecule has 0 saturated carbocycles. The molecule has 1 aromatic carbocycles. The van der Waals surface area contributed by atoms with E-state index in [0.717, 1.165) is 5.56 Å². The number of amidine groups is 1. The summed E-state index contributed by atoms with van der Waals surface area (Å²) in [6, 6.07) is 4.82. The largest absolute Gasteiger partial charge is 0.409 e. The first-order valence-corrected chi connectivity index (χ1v) is 6.37. The fourth-order valence-electron chi connectivity index (χ4n) is 1.57. The summed E-state index contributed by atoms with van der Waals surface area (Å²) in [5, 5.41) is 14.9. The van der Waals surface area contributed by atoms with Crippen LogP contribution in [0.2, 0.25) is 10.0 Å². The lowest BCUT2D eigenvalue weighted by Gasteiger charge is -2.13. The van der Waals surface area contributed by atoms with Crippen LogP contribution in [0.4, 0.5) is 0 Å². The summed E-state index contributed by atoms with van der Waals surface area (Å²) >= 11 is 11.7. The van der Waals surface area contributed by atoms with Gasteiger partial charge in [0.1, 0.15) is 5.84 Å². The van der Waals surface area contributed by atoms with Crippen molar-refractivity contribution >= 4 is 34.9 Å². The Morgan fingerprint density at radius 3 is 2.74 bits per heavy atom. The van der Waals surface area contributed by atoms with E-state index < -0.39 is 0 Å². The first-order chi connectivity index (χ1) is 8.92. The Labute approximate surface area is 121 Å². The van der Waals surface area contributed by atoms with Crippen molar-refractivity contribution in [2.24, 2.45) is 10.9 Å². The molecule has 1 unspecified atom stereocenters. The molecular weight excluding hydrogens is 289 g/mol. The third-order valence-electron chi connectivity index (χ3n) is 2.40. The topological polar surface area (TPSA) is 87.7 Å². The molecule has 7 heteroatoms. The molecule has 19 heavy (non-hydrogen) atoms. The van der Waals surface area contributed by atoms with Gasteiger partial charge in [0.15, 0.2) is 0 Å². The predicted molar refractivity (Wildman–Crippen MR) is 75.8 cm³/mol. The van der Waals surface area contributed by atoms with Crippen molar-refractivity contribution in [2.45, 2.75) is 25.8 Å². The molecule has 5 nitrogen and oxygen atoms in total. The molecule has 0 heterocycles. The highest BCUT2D eigenvalue weighted by Gasteiger charge is 2.10. The van der Waals surface area contributed by atoms with E-state index in [1.54, 1.807) is 25.1 Å². The van der Waals surface area contributed by atoms with Gasteiger partial charge in [-0.2, -0.15) is 0 Å². The maximum absolute atomic E-state index is 11.8. The zero-order chi connectivity index (χ0) is 14.4. The summed E-state index contributed by atoms with van der Waals surface area (Å²) in [5.74, 6) is -0.0982. The third-order valence-corrected chi connectivity index (χ3v) is 3.14. The molecule has 0 aliphatic carbocycles. The van der Waals surface area contributed by atoms with Gasteiger partial charge < -0.3 is 16.3 Å². The molecule has 0 saturated heterocycles. The summed E-state index contributed by atoms with van der Waals surface area (Å²) in [5.41, 5.74) is 6.12. The van der Waals surface area contributed by atoms with Crippen LogP contribution in [0, 0.1) is 0 Å². The molecule has 0 aromatic heterocycles. The van der Waals surface area contributed by atoms with E-state index in [2.05, 4.69) is 10.5 Å². The van der Waals surface area contributed by atoms with Gasteiger partial charge in [0, 0.05) is 12.5 Å². The number of carbonyl (C=O) groups is 1. The van der Waals surface area contributed by atoms with E-state index in [-0.39, 0.29) is 30.6 Å². The number of amides is 1. The second kappa shape index (κ2) is 7.21. The van der Waals surface area contributed by atoms with Gasteiger partial charge in [-0.25, -0.2) is 0 Å². The second-order valence-electron chi connectivity index (χ2n) is 4.19. The average Bonchev–Trinajstić information content (AvgIpc) is 2.33. The fraction of sp³-hybridized carbons (Fsp3) is 0.333. The first-order valence-electron chi connectivity index (χ1n) is 5.62. The highest BCUT2D eigenvalue weighted by Crippen LogP contribution is 2.22. The van der Waals surface area contributed by atoms with Crippen molar-refractivity contribution in [3.8, 4) is 0 Å². The first kappa shape index (κ1) is 15.6. The lowest BCUT2D eigenvalue weighted by atomic mass is 10.1. The fourth-order valence-corrected chi connectivity index (χ4v) is 1.89. The maximum Gasteiger partial charge on any atom is 0.224 e. The minimum atomic E-state index is -0.217. The Bertz CT molecular complexity index is 492. The van der Waals surface area contributed by atoms with Gasteiger partial charge in [-0.1, -0.05) is 34.4 Å². The highest BCUT2D eigenvalue weighted by molar-refractivity contribution is 6.42. The minimum Gasteiger partial charge on any atom is -0.409 e. The number of nitrogens with one attached hydrogen (secondary N) is 1. The van der Waals surface area contributed by atoms with Crippen LogP contribution in [-0.2, 0) is 11.2 Å². The number of hydrogen-bond acceptors (Lipinski definition) is 3. The Hall–Kier alpha value is -1.46. The molecule has 0 aliphatic rings. The van der Waals surface area contributed by atoms with Crippen molar-refractivity contribution in [2.75, 3.05) is 0 Å². The molecule has 0 fully saturated rings. The molecule has 1 rings (SSSR count). The summed E-state index contributed by atoms with van der Waals surface area (Å²) in [6.45, 7) is 1.77. The van der Waals surface area contributed by atoms with Crippen LogP contribution in [0.3, 0.4) is 0 Å². The Balaban J connectivity index is 2.53. The lowest BCUT2D eigenvalue weighted by molar-refractivity contribution is -0.121. The number of nitrogens with zero attached hydrogens (tertiary/aromatic N) is 1. The minimum absolute atomic E-state index is 0.0716. The Morgan fingerprint density at radius 1 is 1.47 bits per heavy atom. The maximum atomic E-state index is 11.8. The lowest BCUT2D eigenvalue weighted by Crippen LogP contribution is -2.36. The summed E-state index contributed by atoms with van der Waals surface area (Å²) < 4.78 is 0. The second-order valence-corrected chi connectivity index (χ2v) is 5.00. The highest BCUT2D eigenvalue weighted by atomic mass is 35.5. The number of halogens is 2. The molecule has 0 spiro atoms. The van der Waals surface area contributed by atoms with Crippen LogP contribution in [0.1, 0.15) is 18.9 Å². The van der Waals surface area contributed by atoms with Crippen LogP contribution in [0.15, 0.2) is 23.4 Å². The molecule has 0 radical (unpaired) electrons. The van der Waals surface area contributed by atoms with Crippen LogP contribution in [-0.4, -0.2) is 23.0 Å².